The lowest BCUT2D eigenvalue weighted by Gasteiger charge is -2.28. The summed E-state index contributed by atoms with van der Waals surface area (Å²) in [5, 5.41) is 0. The van der Waals surface area contributed by atoms with E-state index in [0.29, 0.717) is 18.4 Å². The fourth-order valence-electron chi connectivity index (χ4n) is 2.01. The Balaban J connectivity index is 4.18. The van der Waals surface area contributed by atoms with Crippen LogP contribution in [0.4, 0.5) is 0 Å². The Labute approximate surface area is 110 Å². The van der Waals surface area contributed by atoms with Crippen LogP contribution in [0.2, 0.25) is 0 Å². The van der Waals surface area contributed by atoms with E-state index in [1.807, 2.05) is 6.92 Å². The molecule has 0 saturated carbocycles. The molecule has 0 bridgehead atoms. The molecule has 0 aromatic carbocycles. The van der Waals surface area contributed by atoms with Gasteiger partial charge in [0.15, 0.2) is 0 Å². The van der Waals surface area contributed by atoms with Crippen LogP contribution in [0.5, 0.6) is 0 Å². The first kappa shape index (κ1) is 17.1. The lowest BCUT2D eigenvalue weighted by molar-refractivity contribution is 0.276. The zero-order valence-corrected chi connectivity index (χ0v) is 12.8. The van der Waals surface area contributed by atoms with E-state index in [4.69, 9.17) is 4.18 Å². The summed E-state index contributed by atoms with van der Waals surface area (Å²) in [6, 6.07) is 0.272. The largest absolute Gasteiger partial charge is 0.279 e. The second kappa shape index (κ2) is 10.0. The van der Waals surface area contributed by atoms with Gasteiger partial charge in [0.05, 0.1) is 6.61 Å². The zero-order valence-electron chi connectivity index (χ0n) is 12.0. The Kier molecular flexibility index (Phi) is 10.1. The minimum absolute atomic E-state index is 0.272. The fourth-order valence-corrected chi connectivity index (χ4v) is 2.92. The monoisotopic (exact) mass is 263 g/mol. The first-order valence-electron chi connectivity index (χ1n) is 6.87. The molecule has 1 N–H and O–H groups in total. The van der Waals surface area contributed by atoms with Crippen LogP contribution < -0.4 is 4.72 Å². The van der Waals surface area contributed by atoms with E-state index in [1.165, 1.54) is 19.3 Å². The molecular weight excluding hydrogens is 234 g/mol. The Bertz CT molecular complexity index is 212. The predicted octanol–water partition coefficient (Wildman–Crippen LogP) is 3.43. The highest BCUT2D eigenvalue weighted by Crippen LogP contribution is 2.22. The maximum Gasteiger partial charge on any atom is 0.234 e. The van der Waals surface area contributed by atoms with Gasteiger partial charge in [-0.15, -0.1) is 0 Å². The van der Waals surface area contributed by atoms with Gasteiger partial charge in [0.2, 0.25) is 11.3 Å². The number of nitrogens with one attached hydrogen (secondary N) is 1. The van der Waals surface area contributed by atoms with Gasteiger partial charge >= 0.3 is 0 Å². The number of unbranched alkanes of at least 4 members (excludes halogenated alkanes) is 1. The Morgan fingerprint density at radius 1 is 1.24 bits per heavy atom. The maximum absolute atomic E-state index is 11.5. The van der Waals surface area contributed by atoms with Crippen molar-refractivity contribution in [2.24, 2.45) is 11.8 Å². The van der Waals surface area contributed by atoms with Gasteiger partial charge in [0.1, 0.15) is 0 Å². The normalized spacial score (nSPS) is 18.6. The molecule has 0 saturated heterocycles. The fraction of sp³-hybridized carbons (Fsp3) is 1.00. The summed E-state index contributed by atoms with van der Waals surface area (Å²) in [5.41, 5.74) is 0. The van der Waals surface area contributed by atoms with Gasteiger partial charge in [-0.1, -0.05) is 47.0 Å². The second-order valence-corrected chi connectivity index (χ2v) is 5.69. The summed E-state index contributed by atoms with van der Waals surface area (Å²) in [5.74, 6) is 1.18. The van der Waals surface area contributed by atoms with E-state index >= 15 is 0 Å². The topological polar surface area (TPSA) is 38.3 Å². The van der Waals surface area contributed by atoms with Crippen LogP contribution >= 0.6 is 0 Å². The molecule has 4 heteroatoms. The quantitative estimate of drug-likeness (QED) is 0.656. The zero-order chi connectivity index (χ0) is 13.3. The predicted molar refractivity (Wildman–Crippen MR) is 74.8 cm³/mol. The van der Waals surface area contributed by atoms with Gasteiger partial charge in [-0.3, -0.25) is 4.18 Å². The van der Waals surface area contributed by atoms with Gasteiger partial charge < -0.3 is 0 Å². The van der Waals surface area contributed by atoms with Gasteiger partial charge in [-0.2, -0.15) is 0 Å². The minimum Gasteiger partial charge on any atom is -0.279 e. The Morgan fingerprint density at radius 2 is 1.88 bits per heavy atom. The molecular formula is C13H29NO2S. The van der Waals surface area contributed by atoms with Crippen molar-refractivity contribution in [1.29, 1.82) is 0 Å². The molecule has 0 aliphatic carbocycles. The lowest BCUT2D eigenvalue weighted by Crippen LogP contribution is -2.39. The molecule has 17 heavy (non-hydrogen) atoms. The van der Waals surface area contributed by atoms with Gasteiger partial charge in [0, 0.05) is 6.04 Å². The minimum atomic E-state index is -1.34. The molecule has 0 spiro atoms. The number of hydrogen-bond donors (Lipinski definition) is 1. The number of hydrogen-bond acceptors (Lipinski definition) is 2. The summed E-state index contributed by atoms with van der Waals surface area (Å²) in [4.78, 5) is 0. The Hall–Kier alpha value is 0.0700. The van der Waals surface area contributed by atoms with Gasteiger partial charge in [0.25, 0.3) is 0 Å². The first-order valence-corrected chi connectivity index (χ1v) is 7.95. The molecule has 0 heterocycles. The van der Waals surface area contributed by atoms with Crippen LogP contribution in [-0.4, -0.2) is 16.9 Å². The van der Waals surface area contributed by atoms with Crippen LogP contribution in [0.3, 0.4) is 0 Å². The smallest absolute Gasteiger partial charge is 0.234 e. The van der Waals surface area contributed by atoms with Crippen LogP contribution in [0, 0.1) is 11.8 Å². The lowest BCUT2D eigenvalue weighted by atomic mass is 9.85. The molecule has 3 nitrogen and oxygen atoms in total. The third kappa shape index (κ3) is 7.17. The first-order chi connectivity index (χ1) is 8.06. The molecule has 0 amide bonds. The van der Waals surface area contributed by atoms with Gasteiger partial charge in [-0.25, -0.2) is 8.93 Å². The molecule has 104 valence electrons. The highest BCUT2D eigenvalue weighted by atomic mass is 32.2. The van der Waals surface area contributed by atoms with Crippen molar-refractivity contribution < 1.29 is 8.39 Å². The van der Waals surface area contributed by atoms with Crippen molar-refractivity contribution in [2.75, 3.05) is 6.61 Å². The van der Waals surface area contributed by atoms with Crippen molar-refractivity contribution in [3.05, 3.63) is 0 Å². The van der Waals surface area contributed by atoms with E-state index in [-0.39, 0.29) is 6.04 Å². The van der Waals surface area contributed by atoms with Crippen LogP contribution in [0.1, 0.15) is 60.3 Å². The third-order valence-electron chi connectivity index (χ3n) is 3.46. The van der Waals surface area contributed by atoms with Crippen molar-refractivity contribution >= 4 is 11.3 Å². The van der Waals surface area contributed by atoms with E-state index in [1.54, 1.807) is 0 Å². The summed E-state index contributed by atoms with van der Waals surface area (Å²) >= 11 is -1.34. The molecule has 0 aliphatic heterocycles. The van der Waals surface area contributed by atoms with E-state index in [0.717, 1.165) is 6.42 Å². The molecule has 0 aliphatic rings. The summed E-state index contributed by atoms with van der Waals surface area (Å²) in [6.07, 6.45) is 4.75. The summed E-state index contributed by atoms with van der Waals surface area (Å²) in [6.45, 7) is 11.2. The SMILES string of the molecule is CCCCC(C)C(C)C(CC)NS(=O)OCC. The van der Waals surface area contributed by atoms with Crippen LogP contribution in [0.15, 0.2) is 0 Å². The maximum atomic E-state index is 11.5. The highest BCUT2D eigenvalue weighted by molar-refractivity contribution is 7.78. The average molecular weight is 263 g/mol. The van der Waals surface area contributed by atoms with Crippen LogP contribution in [-0.2, 0) is 15.4 Å². The molecule has 0 aromatic heterocycles. The van der Waals surface area contributed by atoms with E-state index in [2.05, 4.69) is 32.4 Å². The average Bonchev–Trinajstić information content (AvgIpc) is 2.32. The van der Waals surface area contributed by atoms with Crippen molar-refractivity contribution in [1.82, 2.24) is 4.72 Å². The summed E-state index contributed by atoms with van der Waals surface area (Å²) in [7, 11) is 0. The molecule has 0 rings (SSSR count). The third-order valence-corrected chi connectivity index (χ3v) is 4.40. The summed E-state index contributed by atoms with van der Waals surface area (Å²) < 4.78 is 19.7. The van der Waals surface area contributed by atoms with Gasteiger partial charge in [-0.05, 0) is 25.2 Å². The standard InChI is InChI=1S/C13H29NO2S/c1-6-9-10-11(4)12(5)13(7-2)14-17(15)16-8-3/h11-14H,6-10H2,1-5H3. The van der Waals surface area contributed by atoms with Crippen LogP contribution in [0.25, 0.3) is 0 Å². The van der Waals surface area contributed by atoms with Crippen molar-refractivity contribution in [3.8, 4) is 0 Å². The van der Waals surface area contributed by atoms with E-state index < -0.39 is 11.3 Å². The van der Waals surface area contributed by atoms with Crippen molar-refractivity contribution in [2.45, 2.75) is 66.3 Å². The highest BCUT2D eigenvalue weighted by Gasteiger charge is 2.22. The molecule has 0 aromatic rings. The molecule has 0 radical (unpaired) electrons. The number of rotatable bonds is 10. The second-order valence-electron chi connectivity index (χ2n) is 4.75. The molecule has 4 unspecified atom stereocenters. The van der Waals surface area contributed by atoms with Crippen molar-refractivity contribution in [3.63, 3.8) is 0 Å². The molecule has 0 fully saturated rings. The van der Waals surface area contributed by atoms with E-state index in [9.17, 15) is 4.21 Å². The molecule has 4 atom stereocenters. The Morgan fingerprint density at radius 3 is 2.35 bits per heavy atom.